The molecule has 0 spiro atoms. The molecule has 0 aliphatic heterocycles. The summed E-state index contributed by atoms with van der Waals surface area (Å²) >= 11 is 2.66. The maximum absolute atomic E-state index is 13.0. The van der Waals surface area contributed by atoms with Gasteiger partial charge < -0.3 is 5.32 Å². The zero-order valence-corrected chi connectivity index (χ0v) is 12.3. The fourth-order valence-corrected chi connectivity index (χ4v) is 3.31. The van der Waals surface area contributed by atoms with E-state index in [1.165, 1.54) is 29.2 Å². The fourth-order valence-electron chi connectivity index (χ4n) is 1.35. The largest absolute Gasteiger partial charge is 0.325 e. The topological polar surface area (TPSA) is 54.9 Å². The van der Waals surface area contributed by atoms with E-state index in [4.69, 9.17) is 0 Å². The minimum atomic E-state index is -0.997. The summed E-state index contributed by atoms with van der Waals surface area (Å²) in [5.41, 5.74) is 0.217. The molecule has 20 heavy (non-hydrogen) atoms. The zero-order chi connectivity index (χ0) is 14.7. The van der Waals surface area contributed by atoms with Gasteiger partial charge in [-0.1, -0.05) is 23.1 Å². The summed E-state index contributed by atoms with van der Waals surface area (Å²) in [6.07, 6.45) is 0. The molecule has 0 unspecified atom stereocenters. The molecule has 1 heterocycles. The van der Waals surface area contributed by atoms with Gasteiger partial charge in [-0.25, -0.2) is 8.78 Å². The first-order valence-electron chi connectivity index (χ1n) is 5.68. The minimum absolute atomic E-state index is 0.217. The van der Waals surface area contributed by atoms with E-state index < -0.39 is 16.9 Å². The highest BCUT2D eigenvalue weighted by Crippen LogP contribution is 2.27. The Kier molecular flexibility index (Phi) is 4.66. The first-order valence-corrected chi connectivity index (χ1v) is 7.38. The summed E-state index contributed by atoms with van der Waals surface area (Å²) in [5, 5.41) is 10.7. The third-order valence-corrected chi connectivity index (χ3v) is 4.36. The van der Waals surface area contributed by atoms with E-state index in [0.717, 1.165) is 17.1 Å². The Hall–Kier alpha value is -1.54. The van der Waals surface area contributed by atoms with Gasteiger partial charge in [-0.3, -0.25) is 4.79 Å². The molecule has 0 aliphatic carbocycles. The Morgan fingerprint density at radius 2 is 2.10 bits per heavy atom. The average Bonchev–Trinajstić information content (AvgIpc) is 2.79. The molecule has 8 heteroatoms. The third kappa shape index (κ3) is 3.73. The number of carbonyl (C=O) groups excluding carboxylic acids is 1. The number of rotatable bonds is 4. The van der Waals surface area contributed by atoms with Crippen molar-refractivity contribution in [2.75, 3.05) is 5.32 Å². The summed E-state index contributed by atoms with van der Waals surface area (Å²) < 4.78 is 26.5. The van der Waals surface area contributed by atoms with Gasteiger partial charge in [0.05, 0.1) is 5.25 Å². The van der Waals surface area contributed by atoms with Crippen LogP contribution in [0, 0.1) is 18.6 Å². The van der Waals surface area contributed by atoms with Crippen molar-refractivity contribution in [3.8, 4) is 0 Å². The second-order valence-corrected chi connectivity index (χ2v) is 6.73. The lowest BCUT2D eigenvalue weighted by atomic mass is 10.3. The standard InChI is InChI=1S/C12H11F2N3OS2/c1-6(19-12-17-16-7(2)20-12)11(18)15-8-3-4-9(13)10(14)5-8/h3-6H,1-2H3,(H,15,18)/t6-/m1/s1. The predicted molar refractivity (Wildman–Crippen MR) is 75.0 cm³/mol. The molecule has 0 saturated heterocycles. The Morgan fingerprint density at radius 3 is 2.70 bits per heavy atom. The molecule has 4 nitrogen and oxygen atoms in total. The summed E-state index contributed by atoms with van der Waals surface area (Å²) in [7, 11) is 0. The first kappa shape index (κ1) is 14.9. The number of hydrogen-bond acceptors (Lipinski definition) is 5. The molecule has 1 amide bonds. The number of benzene rings is 1. The summed E-state index contributed by atoms with van der Waals surface area (Å²) in [6.45, 7) is 3.53. The number of anilines is 1. The maximum Gasteiger partial charge on any atom is 0.237 e. The van der Waals surface area contributed by atoms with Crippen LogP contribution in [0.25, 0.3) is 0 Å². The van der Waals surface area contributed by atoms with Crippen LogP contribution >= 0.6 is 23.1 Å². The lowest BCUT2D eigenvalue weighted by Gasteiger charge is -2.10. The van der Waals surface area contributed by atoms with Gasteiger partial charge in [0, 0.05) is 11.8 Å². The van der Waals surface area contributed by atoms with Gasteiger partial charge in [0.25, 0.3) is 0 Å². The minimum Gasteiger partial charge on any atom is -0.325 e. The van der Waals surface area contributed by atoms with Gasteiger partial charge in [0.15, 0.2) is 16.0 Å². The molecule has 1 atom stereocenters. The molecule has 1 N–H and O–H groups in total. The fraction of sp³-hybridized carbons (Fsp3) is 0.250. The van der Waals surface area contributed by atoms with E-state index in [-0.39, 0.29) is 11.6 Å². The first-order chi connectivity index (χ1) is 9.45. The quantitative estimate of drug-likeness (QED) is 0.880. The van der Waals surface area contributed by atoms with Crippen LogP contribution in [0.15, 0.2) is 22.5 Å². The number of halogens is 2. The number of aryl methyl sites for hydroxylation is 1. The lowest BCUT2D eigenvalue weighted by Crippen LogP contribution is -2.22. The molecule has 106 valence electrons. The number of nitrogens with zero attached hydrogens (tertiary/aromatic N) is 2. The molecular formula is C12H11F2N3OS2. The van der Waals surface area contributed by atoms with Crippen LogP contribution in [0.2, 0.25) is 0 Å². The Bertz CT molecular complexity index is 633. The van der Waals surface area contributed by atoms with E-state index in [9.17, 15) is 13.6 Å². The number of amides is 1. The molecule has 0 aliphatic rings. The van der Waals surface area contributed by atoms with Crippen molar-refractivity contribution in [2.45, 2.75) is 23.4 Å². The van der Waals surface area contributed by atoms with E-state index in [2.05, 4.69) is 15.5 Å². The molecule has 0 bridgehead atoms. The second-order valence-electron chi connectivity index (χ2n) is 3.97. The molecule has 1 aromatic carbocycles. The number of hydrogen-bond donors (Lipinski definition) is 1. The highest BCUT2D eigenvalue weighted by molar-refractivity contribution is 8.02. The second kappa shape index (κ2) is 6.27. The Morgan fingerprint density at radius 1 is 1.35 bits per heavy atom. The Labute approximate surface area is 122 Å². The molecule has 2 aromatic rings. The van der Waals surface area contributed by atoms with Crippen LogP contribution in [0.1, 0.15) is 11.9 Å². The van der Waals surface area contributed by atoms with Crippen molar-refractivity contribution in [3.63, 3.8) is 0 Å². The van der Waals surface area contributed by atoms with Gasteiger partial charge in [-0.15, -0.1) is 10.2 Å². The van der Waals surface area contributed by atoms with Gasteiger partial charge in [0.2, 0.25) is 5.91 Å². The van der Waals surface area contributed by atoms with Crippen LogP contribution in [0.4, 0.5) is 14.5 Å². The molecule has 0 saturated carbocycles. The average molecular weight is 315 g/mol. The SMILES string of the molecule is Cc1nnc(S[C@H](C)C(=O)Nc2ccc(F)c(F)c2)s1. The number of carbonyl (C=O) groups is 1. The van der Waals surface area contributed by atoms with Crippen LogP contribution < -0.4 is 5.32 Å². The van der Waals surface area contributed by atoms with Gasteiger partial charge >= 0.3 is 0 Å². The van der Waals surface area contributed by atoms with Crippen molar-refractivity contribution < 1.29 is 13.6 Å². The van der Waals surface area contributed by atoms with Crippen molar-refractivity contribution >= 4 is 34.7 Å². The van der Waals surface area contributed by atoms with Crippen LogP contribution in [-0.2, 0) is 4.79 Å². The molecule has 0 fully saturated rings. The van der Waals surface area contributed by atoms with Crippen molar-refractivity contribution in [3.05, 3.63) is 34.8 Å². The van der Waals surface area contributed by atoms with Gasteiger partial charge in [-0.2, -0.15) is 0 Å². The van der Waals surface area contributed by atoms with Crippen LogP contribution in [0.3, 0.4) is 0 Å². The van der Waals surface area contributed by atoms with E-state index >= 15 is 0 Å². The predicted octanol–water partition coefficient (Wildman–Crippen LogP) is 3.24. The van der Waals surface area contributed by atoms with Crippen molar-refractivity contribution in [2.24, 2.45) is 0 Å². The number of aromatic nitrogens is 2. The molecule has 2 rings (SSSR count). The zero-order valence-electron chi connectivity index (χ0n) is 10.7. The monoisotopic (exact) mass is 315 g/mol. The van der Waals surface area contributed by atoms with Crippen LogP contribution in [0.5, 0.6) is 0 Å². The van der Waals surface area contributed by atoms with Crippen molar-refractivity contribution in [1.29, 1.82) is 0 Å². The van der Waals surface area contributed by atoms with Crippen LogP contribution in [-0.4, -0.2) is 21.4 Å². The van der Waals surface area contributed by atoms with Gasteiger partial charge in [0.1, 0.15) is 5.01 Å². The summed E-state index contributed by atoms with van der Waals surface area (Å²) in [5.74, 6) is -2.26. The molecular weight excluding hydrogens is 304 g/mol. The van der Waals surface area contributed by atoms with Crippen molar-refractivity contribution in [1.82, 2.24) is 10.2 Å². The summed E-state index contributed by atoms with van der Waals surface area (Å²) in [6, 6.07) is 3.22. The van der Waals surface area contributed by atoms with E-state index in [1.807, 2.05) is 6.92 Å². The molecule has 1 aromatic heterocycles. The van der Waals surface area contributed by atoms with Gasteiger partial charge in [-0.05, 0) is 26.0 Å². The smallest absolute Gasteiger partial charge is 0.237 e. The highest BCUT2D eigenvalue weighted by atomic mass is 32.2. The third-order valence-electron chi connectivity index (χ3n) is 2.34. The maximum atomic E-state index is 13.0. The van der Waals surface area contributed by atoms with E-state index in [1.54, 1.807) is 6.92 Å². The lowest BCUT2D eigenvalue weighted by molar-refractivity contribution is -0.115. The Balaban J connectivity index is 1.98. The van der Waals surface area contributed by atoms with E-state index in [0.29, 0.717) is 4.34 Å². The highest BCUT2D eigenvalue weighted by Gasteiger charge is 2.17. The summed E-state index contributed by atoms with van der Waals surface area (Å²) in [4.78, 5) is 11.9. The normalized spacial score (nSPS) is 12.2. The number of nitrogens with one attached hydrogen (secondary N) is 1. The molecule has 0 radical (unpaired) electrons. The number of thioether (sulfide) groups is 1.